The number of ether oxygens (including phenoxy) is 1. The van der Waals surface area contributed by atoms with E-state index in [1.54, 1.807) is 30.5 Å². The number of carbonyl (C=O) groups is 1. The average molecular weight is 398 g/mol. The fraction of sp³-hybridized carbons (Fsp3) is 0.105. The van der Waals surface area contributed by atoms with Gasteiger partial charge in [0.25, 0.3) is 5.91 Å². The van der Waals surface area contributed by atoms with Crippen molar-refractivity contribution in [3.05, 3.63) is 65.6 Å². The zero-order chi connectivity index (χ0) is 19.5. The minimum absolute atomic E-state index is 0.0188. The number of aromatic nitrogens is 3. The van der Waals surface area contributed by atoms with E-state index in [1.165, 1.54) is 28.2 Å². The number of thiazole rings is 1. The first kappa shape index (κ1) is 17.9. The van der Waals surface area contributed by atoms with Gasteiger partial charge in [-0.1, -0.05) is 12.1 Å². The Morgan fingerprint density at radius 3 is 2.96 bits per heavy atom. The van der Waals surface area contributed by atoms with Crippen molar-refractivity contribution < 1.29 is 18.3 Å². The number of rotatable bonds is 6. The highest BCUT2D eigenvalue weighted by Crippen LogP contribution is 2.26. The number of benzene rings is 1. The van der Waals surface area contributed by atoms with E-state index in [1.807, 2.05) is 18.4 Å². The lowest BCUT2D eigenvalue weighted by atomic mass is 10.3. The summed E-state index contributed by atoms with van der Waals surface area (Å²) in [6, 6.07) is 11.2. The number of nitrogens with one attached hydrogen (secondary N) is 1. The van der Waals surface area contributed by atoms with Crippen molar-refractivity contribution in [1.82, 2.24) is 14.8 Å². The van der Waals surface area contributed by atoms with Gasteiger partial charge in [-0.3, -0.25) is 4.79 Å². The van der Waals surface area contributed by atoms with Gasteiger partial charge in [-0.15, -0.1) is 11.3 Å². The zero-order valence-corrected chi connectivity index (χ0v) is 15.6. The molecule has 0 unspecified atom stereocenters. The standard InChI is InChI=1S/C19H15FN4O3S/c1-12-9-17(22-18(25)10-27-15-6-3-2-5-13(15)20)24(23-12)19-21-14(11-28-19)16-7-4-8-26-16/h2-9,11H,10H2,1H3,(H,22,25). The van der Waals surface area contributed by atoms with Crippen LogP contribution in [-0.4, -0.2) is 27.3 Å². The summed E-state index contributed by atoms with van der Waals surface area (Å²) < 4.78 is 25.7. The number of para-hydroxylation sites is 1. The first-order valence-corrected chi connectivity index (χ1v) is 9.22. The van der Waals surface area contributed by atoms with Crippen LogP contribution in [0.4, 0.5) is 10.2 Å². The van der Waals surface area contributed by atoms with Gasteiger partial charge in [0.2, 0.25) is 5.13 Å². The van der Waals surface area contributed by atoms with Gasteiger partial charge in [0.05, 0.1) is 12.0 Å². The van der Waals surface area contributed by atoms with E-state index < -0.39 is 11.7 Å². The molecule has 1 amide bonds. The summed E-state index contributed by atoms with van der Waals surface area (Å²) in [6.45, 7) is 1.48. The summed E-state index contributed by atoms with van der Waals surface area (Å²) in [5, 5.41) is 9.52. The Morgan fingerprint density at radius 1 is 1.32 bits per heavy atom. The second-order valence-corrected chi connectivity index (χ2v) is 6.68. The lowest BCUT2D eigenvalue weighted by Crippen LogP contribution is -2.22. The third kappa shape index (κ3) is 3.79. The van der Waals surface area contributed by atoms with Gasteiger partial charge >= 0.3 is 0 Å². The molecule has 0 bridgehead atoms. The van der Waals surface area contributed by atoms with Crippen molar-refractivity contribution in [2.24, 2.45) is 0 Å². The van der Waals surface area contributed by atoms with Crippen LogP contribution in [0.3, 0.4) is 0 Å². The van der Waals surface area contributed by atoms with Crippen molar-refractivity contribution in [3.63, 3.8) is 0 Å². The van der Waals surface area contributed by atoms with Gasteiger partial charge in [-0.05, 0) is 31.2 Å². The Labute approximate surface area is 163 Å². The summed E-state index contributed by atoms with van der Waals surface area (Å²) in [6.07, 6.45) is 1.58. The van der Waals surface area contributed by atoms with E-state index in [4.69, 9.17) is 9.15 Å². The molecule has 7 nitrogen and oxygen atoms in total. The van der Waals surface area contributed by atoms with E-state index >= 15 is 0 Å². The number of hydrogen-bond acceptors (Lipinski definition) is 6. The molecule has 0 fully saturated rings. The minimum atomic E-state index is -0.524. The van der Waals surface area contributed by atoms with Gasteiger partial charge in [0, 0.05) is 11.4 Å². The van der Waals surface area contributed by atoms with Crippen LogP contribution in [0.5, 0.6) is 5.75 Å². The van der Waals surface area contributed by atoms with Gasteiger partial charge < -0.3 is 14.5 Å². The Balaban J connectivity index is 1.49. The van der Waals surface area contributed by atoms with Crippen molar-refractivity contribution in [2.75, 3.05) is 11.9 Å². The SMILES string of the molecule is Cc1cc(NC(=O)COc2ccccc2F)n(-c2nc(-c3ccco3)cs2)n1. The lowest BCUT2D eigenvalue weighted by molar-refractivity contribution is -0.118. The molecule has 9 heteroatoms. The predicted octanol–water partition coefficient (Wildman–Crippen LogP) is 4.05. The third-order valence-corrected chi connectivity index (χ3v) is 4.56. The van der Waals surface area contributed by atoms with Gasteiger partial charge in [0.15, 0.2) is 23.9 Å². The highest BCUT2D eigenvalue weighted by atomic mass is 32.1. The van der Waals surface area contributed by atoms with Gasteiger partial charge in [-0.25, -0.2) is 9.37 Å². The number of nitrogens with zero attached hydrogens (tertiary/aromatic N) is 3. The first-order chi connectivity index (χ1) is 13.6. The van der Waals surface area contributed by atoms with Crippen LogP contribution in [0.2, 0.25) is 0 Å². The highest BCUT2D eigenvalue weighted by molar-refractivity contribution is 7.12. The van der Waals surface area contributed by atoms with Crippen molar-refractivity contribution in [3.8, 4) is 22.3 Å². The predicted molar refractivity (Wildman–Crippen MR) is 102 cm³/mol. The smallest absolute Gasteiger partial charge is 0.263 e. The number of aryl methyl sites for hydroxylation is 1. The molecule has 0 atom stereocenters. The monoisotopic (exact) mass is 398 g/mol. The van der Waals surface area contributed by atoms with Crippen LogP contribution in [0.1, 0.15) is 5.69 Å². The summed E-state index contributed by atoms with van der Waals surface area (Å²) in [5.41, 5.74) is 1.39. The van der Waals surface area contributed by atoms with Gasteiger partial charge in [-0.2, -0.15) is 9.78 Å². The molecule has 0 radical (unpaired) electrons. The summed E-state index contributed by atoms with van der Waals surface area (Å²) >= 11 is 1.36. The number of anilines is 1. The maximum Gasteiger partial charge on any atom is 0.263 e. The number of amides is 1. The second-order valence-electron chi connectivity index (χ2n) is 5.84. The summed E-state index contributed by atoms with van der Waals surface area (Å²) in [4.78, 5) is 16.8. The molecular weight excluding hydrogens is 383 g/mol. The average Bonchev–Trinajstić information content (AvgIpc) is 3.41. The van der Waals surface area contributed by atoms with E-state index in [0.29, 0.717) is 28.1 Å². The summed E-state index contributed by atoms with van der Waals surface area (Å²) in [7, 11) is 0. The van der Waals surface area contributed by atoms with Crippen LogP contribution < -0.4 is 10.1 Å². The third-order valence-electron chi connectivity index (χ3n) is 3.74. The molecule has 0 spiro atoms. The Morgan fingerprint density at radius 2 is 2.18 bits per heavy atom. The molecule has 0 saturated heterocycles. The molecule has 1 aromatic carbocycles. The van der Waals surface area contributed by atoms with Crippen molar-refractivity contribution in [2.45, 2.75) is 6.92 Å². The Hall–Kier alpha value is -3.46. The first-order valence-electron chi connectivity index (χ1n) is 8.34. The minimum Gasteiger partial charge on any atom is -0.481 e. The Bertz CT molecular complexity index is 1100. The maximum absolute atomic E-state index is 13.6. The molecule has 0 aliphatic heterocycles. The molecule has 1 N–H and O–H groups in total. The van der Waals surface area contributed by atoms with E-state index in [0.717, 1.165) is 0 Å². The van der Waals surface area contributed by atoms with Crippen LogP contribution in [-0.2, 0) is 4.79 Å². The molecule has 0 saturated carbocycles. The molecular formula is C19H15FN4O3S. The molecule has 4 aromatic rings. The second kappa shape index (κ2) is 7.65. The highest BCUT2D eigenvalue weighted by Gasteiger charge is 2.16. The number of furan rings is 1. The van der Waals surface area contributed by atoms with Crippen LogP contribution in [0, 0.1) is 12.7 Å². The van der Waals surface area contributed by atoms with Crippen molar-refractivity contribution >= 4 is 23.1 Å². The number of carbonyl (C=O) groups excluding carboxylic acids is 1. The maximum atomic E-state index is 13.6. The fourth-order valence-electron chi connectivity index (χ4n) is 2.52. The normalized spacial score (nSPS) is 10.8. The number of hydrogen-bond donors (Lipinski definition) is 1. The molecule has 28 heavy (non-hydrogen) atoms. The molecule has 3 aromatic heterocycles. The summed E-state index contributed by atoms with van der Waals surface area (Å²) in [5.74, 6) is 0.150. The zero-order valence-electron chi connectivity index (χ0n) is 14.8. The largest absolute Gasteiger partial charge is 0.481 e. The quantitative estimate of drug-likeness (QED) is 0.530. The van der Waals surface area contributed by atoms with Gasteiger partial charge in [0.1, 0.15) is 11.5 Å². The molecule has 142 valence electrons. The molecule has 4 rings (SSSR count). The van der Waals surface area contributed by atoms with E-state index in [-0.39, 0.29) is 12.4 Å². The lowest BCUT2D eigenvalue weighted by Gasteiger charge is -2.08. The topological polar surface area (TPSA) is 82.2 Å². The Kier molecular flexibility index (Phi) is 4.90. The van der Waals surface area contributed by atoms with Crippen LogP contribution in [0.25, 0.3) is 16.6 Å². The van der Waals surface area contributed by atoms with E-state index in [9.17, 15) is 9.18 Å². The van der Waals surface area contributed by atoms with Crippen LogP contribution in [0.15, 0.2) is 58.5 Å². The van der Waals surface area contributed by atoms with Crippen LogP contribution >= 0.6 is 11.3 Å². The fourth-order valence-corrected chi connectivity index (χ4v) is 3.29. The van der Waals surface area contributed by atoms with E-state index in [2.05, 4.69) is 15.4 Å². The molecule has 3 heterocycles. The molecule has 0 aliphatic carbocycles. The molecule has 0 aliphatic rings. The van der Waals surface area contributed by atoms with Crippen molar-refractivity contribution in [1.29, 1.82) is 0 Å². The number of halogens is 1.